The molecule has 0 spiro atoms. The van der Waals surface area contributed by atoms with Crippen LogP contribution >= 0.6 is 0 Å². The monoisotopic (exact) mass is 224 g/mol. The number of hydrogen-bond donors (Lipinski definition) is 4. The lowest BCUT2D eigenvalue weighted by atomic mass is 10.1. The minimum absolute atomic E-state index is 0.204. The summed E-state index contributed by atoms with van der Waals surface area (Å²) in [7, 11) is 0. The fraction of sp³-hybridized carbons (Fsp3) is 0.200. The third-order valence-electron chi connectivity index (χ3n) is 1.96. The van der Waals surface area contributed by atoms with E-state index >= 15 is 0 Å². The van der Waals surface area contributed by atoms with Crippen molar-refractivity contribution in [3.63, 3.8) is 0 Å². The summed E-state index contributed by atoms with van der Waals surface area (Å²) in [6, 6.07) is 4.33. The number of amides is 2. The van der Waals surface area contributed by atoms with Crippen LogP contribution in [-0.4, -0.2) is 28.6 Å². The van der Waals surface area contributed by atoms with Gasteiger partial charge in [-0.1, -0.05) is 6.07 Å². The highest BCUT2D eigenvalue weighted by molar-refractivity contribution is 6.34. The Morgan fingerprint density at radius 2 is 1.94 bits per heavy atom. The van der Waals surface area contributed by atoms with Crippen LogP contribution in [-0.2, 0) is 16.0 Å². The highest BCUT2D eigenvalue weighted by atomic mass is 16.3. The standard InChI is InChI=1S/C10H12N2O4/c11-9(15)10(16)12-4-3-6-1-2-7(13)8(14)5-6/h1-2,5,13-14H,3-4H2,(H2,11,15)(H,12,16). The number of nitrogens with two attached hydrogens (primary N) is 1. The van der Waals surface area contributed by atoms with Crippen LogP contribution in [0.4, 0.5) is 0 Å². The molecule has 2 amide bonds. The number of carbonyl (C=O) groups is 2. The Labute approximate surface area is 91.7 Å². The molecule has 0 aliphatic carbocycles. The van der Waals surface area contributed by atoms with Crippen LogP contribution in [0.5, 0.6) is 11.5 Å². The zero-order valence-corrected chi connectivity index (χ0v) is 8.43. The van der Waals surface area contributed by atoms with E-state index in [1.54, 1.807) is 6.07 Å². The molecule has 5 N–H and O–H groups in total. The summed E-state index contributed by atoms with van der Waals surface area (Å²) in [6.07, 6.45) is 0.423. The topological polar surface area (TPSA) is 113 Å². The van der Waals surface area contributed by atoms with Gasteiger partial charge in [-0.2, -0.15) is 0 Å². The molecular formula is C10H12N2O4. The summed E-state index contributed by atoms with van der Waals surface area (Å²) >= 11 is 0. The molecule has 0 heterocycles. The van der Waals surface area contributed by atoms with Crippen LogP contribution in [0.2, 0.25) is 0 Å². The van der Waals surface area contributed by atoms with E-state index in [1.165, 1.54) is 12.1 Å². The molecule has 0 fully saturated rings. The van der Waals surface area contributed by atoms with Gasteiger partial charge in [0.05, 0.1) is 0 Å². The minimum atomic E-state index is -1.03. The third kappa shape index (κ3) is 3.16. The van der Waals surface area contributed by atoms with Crippen molar-refractivity contribution < 1.29 is 19.8 Å². The van der Waals surface area contributed by atoms with Crippen LogP contribution in [0.15, 0.2) is 18.2 Å². The van der Waals surface area contributed by atoms with Crippen LogP contribution in [0.3, 0.4) is 0 Å². The molecule has 16 heavy (non-hydrogen) atoms. The molecule has 86 valence electrons. The maximum atomic E-state index is 10.8. The normalized spacial score (nSPS) is 9.75. The predicted octanol–water partition coefficient (Wildman–Crippen LogP) is -0.758. The van der Waals surface area contributed by atoms with E-state index in [0.717, 1.165) is 5.56 Å². The molecule has 0 bridgehead atoms. The number of aromatic hydroxyl groups is 2. The lowest BCUT2D eigenvalue weighted by Crippen LogP contribution is -2.37. The largest absolute Gasteiger partial charge is 0.504 e. The maximum Gasteiger partial charge on any atom is 0.309 e. The number of rotatable bonds is 3. The molecule has 1 aromatic rings. The van der Waals surface area contributed by atoms with Gasteiger partial charge in [-0.15, -0.1) is 0 Å². The third-order valence-corrected chi connectivity index (χ3v) is 1.96. The van der Waals surface area contributed by atoms with Crippen molar-refractivity contribution in [3.05, 3.63) is 23.8 Å². The first-order valence-electron chi connectivity index (χ1n) is 4.59. The Morgan fingerprint density at radius 1 is 1.25 bits per heavy atom. The Morgan fingerprint density at radius 3 is 2.50 bits per heavy atom. The number of carbonyl (C=O) groups excluding carboxylic acids is 2. The fourth-order valence-corrected chi connectivity index (χ4v) is 1.13. The van der Waals surface area contributed by atoms with E-state index in [9.17, 15) is 14.7 Å². The van der Waals surface area contributed by atoms with E-state index in [4.69, 9.17) is 10.8 Å². The number of hydrogen-bond acceptors (Lipinski definition) is 4. The SMILES string of the molecule is NC(=O)C(=O)NCCc1ccc(O)c(O)c1. The van der Waals surface area contributed by atoms with Crippen molar-refractivity contribution in [1.29, 1.82) is 0 Å². The second-order valence-electron chi connectivity index (χ2n) is 3.19. The van der Waals surface area contributed by atoms with Gasteiger partial charge in [0.15, 0.2) is 11.5 Å². The summed E-state index contributed by atoms with van der Waals surface area (Å²) in [5, 5.41) is 20.5. The van der Waals surface area contributed by atoms with E-state index < -0.39 is 11.8 Å². The lowest BCUT2D eigenvalue weighted by molar-refractivity contribution is -0.137. The van der Waals surface area contributed by atoms with Gasteiger partial charge >= 0.3 is 11.8 Å². The van der Waals surface area contributed by atoms with Crippen LogP contribution in [0.25, 0.3) is 0 Å². The molecule has 6 nitrogen and oxygen atoms in total. The predicted molar refractivity (Wildman–Crippen MR) is 55.7 cm³/mol. The highest BCUT2D eigenvalue weighted by Gasteiger charge is 2.07. The van der Waals surface area contributed by atoms with Crippen molar-refractivity contribution >= 4 is 11.8 Å². The van der Waals surface area contributed by atoms with Gasteiger partial charge in [-0.3, -0.25) is 9.59 Å². The van der Waals surface area contributed by atoms with E-state index in [0.29, 0.717) is 6.42 Å². The van der Waals surface area contributed by atoms with Gasteiger partial charge in [0.2, 0.25) is 0 Å². The van der Waals surface area contributed by atoms with E-state index in [1.807, 2.05) is 0 Å². The summed E-state index contributed by atoms with van der Waals surface area (Å²) in [6.45, 7) is 0.228. The zero-order valence-electron chi connectivity index (χ0n) is 8.43. The first-order valence-corrected chi connectivity index (χ1v) is 4.59. The highest BCUT2D eigenvalue weighted by Crippen LogP contribution is 2.24. The summed E-state index contributed by atoms with van der Waals surface area (Å²) < 4.78 is 0. The molecule has 0 aliphatic rings. The molecule has 0 saturated carbocycles. The summed E-state index contributed by atoms with van der Waals surface area (Å²) in [5.41, 5.74) is 5.46. The number of phenols is 2. The quantitative estimate of drug-likeness (QED) is 0.399. The van der Waals surface area contributed by atoms with Crippen molar-refractivity contribution in [2.45, 2.75) is 6.42 Å². The Hall–Kier alpha value is -2.24. The van der Waals surface area contributed by atoms with Crippen molar-refractivity contribution in [3.8, 4) is 11.5 Å². The molecule has 0 aromatic heterocycles. The van der Waals surface area contributed by atoms with E-state index in [2.05, 4.69) is 5.32 Å². The molecule has 0 saturated heterocycles. The van der Waals surface area contributed by atoms with E-state index in [-0.39, 0.29) is 18.0 Å². The van der Waals surface area contributed by atoms with Crippen LogP contribution < -0.4 is 11.1 Å². The van der Waals surface area contributed by atoms with Crippen molar-refractivity contribution in [1.82, 2.24) is 5.32 Å². The minimum Gasteiger partial charge on any atom is -0.504 e. The summed E-state index contributed by atoms with van der Waals surface area (Å²) in [4.78, 5) is 21.2. The Bertz CT molecular complexity index is 417. The average molecular weight is 224 g/mol. The van der Waals surface area contributed by atoms with Gasteiger partial charge in [0.25, 0.3) is 0 Å². The molecule has 0 radical (unpaired) electrons. The molecule has 6 heteroatoms. The van der Waals surface area contributed by atoms with Gasteiger partial charge in [0, 0.05) is 6.54 Å². The Balaban J connectivity index is 2.46. The summed E-state index contributed by atoms with van der Waals surface area (Å²) in [5.74, 6) is -2.31. The average Bonchev–Trinajstić information content (AvgIpc) is 2.23. The zero-order chi connectivity index (χ0) is 12.1. The maximum absolute atomic E-state index is 10.8. The number of nitrogens with one attached hydrogen (secondary N) is 1. The van der Waals surface area contributed by atoms with Gasteiger partial charge in [-0.05, 0) is 24.1 Å². The molecular weight excluding hydrogens is 212 g/mol. The molecule has 1 aromatic carbocycles. The van der Waals surface area contributed by atoms with Crippen LogP contribution in [0, 0.1) is 0 Å². The first-order chi connectivity index (χ1) is 7.50. The molecule has 1 rings (SSSR count). The van der Waals surface area contributed by atoms with Crippen LogP contribution in [0.1, 0.15) is 5.56 Å². The second kappa shape index (κ2) is 5.01. The van der Waals surface area contributed by atoms with Crippen molar-refractivity contribution in [2.24, 2.45) is 5.73 Å². The molecule has 0 unspecified atom stereocenters. The van der Waals surface area contributed by atoms with Gasteiger partial charge < -0.3 is 21.3 Å². The van der Waals surface area contributed by atoms with Gasteiger partial charge in [-0.25, -0.2) is 0 Å². The molecule has 0 atom stereocenters. The second-order valence-corrected chi connectivity index (χ2v) is 3.19. The molecule has 0 aliphatic heterocycles. The van der Waals surface area contributed by atoms with Crippen molar-refractivity contribution in [2.75, 3.05) is 6.54 Å². The number of benzene rings is 1. The lowest BCUT2D eigenvalue weighted by Gasteiger charge is -2.04. The smallest absolute Gasteiger partial charge is 0.309 e. The fourth-order valence-electron chi connectivity index (χ4n) is 1.13. The first kappa shape index (κ1) is 11.8. The van der Waals surface area contributed by atoms with Gasteiger partial charge in [0.1, 0.15) is 0 Å². The number of primary amides is 1. The Kier molecular flexibility index (Phi) is 3.71. The number of phenolic OH excluding ortho intramolecular Hbond substituents is 2.